The van der Waals surface area contributed by atoms with Crippen LogP contribution in [0.4, 0.5) is 0 Å². The fourth-order valence-electron chi connectivity index (χ4n) is 2.62. The number of ether oxygens (including phenoxy) is 1. The fourth-order valence-corrected chi connectivity index (χ4v) is 3.00. The summed E-state index contributed by atoms with van der Waals surface area (Å²) in [5.74, 6) is 1.57. The van der Waals surface area contributed by atoms with Crippen LogP contribution in [-0.2, 0) is 0 Å². The Hall–Kier alpha value is -0.540. The molecule has 0 aliphatic heterocycles. The van der Waals surface area contributed by atoms with Crippen LogP contribution in [0.15, 0.2) is 22.7 Å². The highest BCUT2D eigenvalue weighted by molar-refractivity contribution is 9.10. The van der Waals surface area contributed by atoms with E-state index in [2.05, 4.69) is 22.9 Å². The summed E-state index contributed by atoms with van der Waals surface area (Å²) < 4.78 is 7.07. The van der Waals surface area contributed by atoms with Gasteiger partial charge in [-0.3, -0.25) is 0 Å². The molecule has 0 radical (unpaired) electrons. The van der Waals surface area contributed by atoms with E-state index in [0.717, 1.165) is 34.5 Å². The van der Waals surface area contributed by atoms with Gasteiger partial charge < -0.3 is 9.84 Å². The van der Waals surface area contributed by atoms with Crippen LogP contribution in [0.2, 0.25) is 0 Å². The summed E-state index contributed by atoms with van der Waals surface area (Å²) in [7, 11) is 0. The summed E-state index contributed by atoms with van der Waals surface area (Å²) in [6.45, 7) is 4.06. The van der Waals surface area contributed by atoms with Crippen LogP contribution in [0.5, 0.6) is 5.75 Å². The Morgan fingerprint density at radius 2 is 2.17 bits per heavy atom. The minimum absolute atomic E-state index is 0.299. The van der Waals surface area contributed by atoms with Crippen molar-refractivity contribution in [3.63, 3.8) is 0 Å². The van der Waals surface area contributed by atoms with E-state index < -0.39 is 6.10 Å². The van der Waals surface area contributed by atoms with E-state index in [4.69, 9.17) is 4.74 Å². The smallest absolute Gasteiger partial charge is 0.125 e. The lowest BCUT2D eigenvalue weighted by molar-refractivity contribution is 0.121. The predicted molar refractivity (Wildman–Crippen MR) is 76.8 cm³/mol. The molecule has 3 heteroatoms. The first kappa shape index (κ1) is 13.9. The van der Waals surface area contributed by atoms with Gasteiger partial charge in [-0.1, -0.05) is 29.3 Å². The summed E-state index contributed by atoms with van der Waals surface area (Å²) in [4.78, 5) is 0. The minimum Gasteiger partial charge on any atom is -0.490 e. The molecule has 2 rings (SSSR count). The highest BCUT2D eigenvalue weighted by atomic mass is 79.9. The second kappa shape index (κ2) is 6.07. The molecule has 0 heterocycles. The number of rotatable bonds is 3. The van der Waals surface area contributed by atoms with Crippen molar-refractivity contribution in [3.8, 4) is 5.75 Å². The maximum atomic E-state index is 9.81. The quantitative estimate of drug-likeness (QED) is 0.893. The molecule has 1 aromatic rings. The third-order valence-corrected chi connectivity index (χ3v) is 4.10. The second-order valence-corrected chi connectivity index (χ2v) is 6.29. The molecule has 1 fully saturated rings. The Bertz CT molecular complexity index is 403. The van der Waals surface area contributed by atoms with Gasteiger partial charge in [0.15, 0.2) is 0 Å². The van der Waals surface area contributed by atoms with E-state index in [9.17, 15) is 5.11 Å². The zero-order valence-corrected chi connectivity index (χ0v) is 12.6. The summed E-state index contributed by atoms with van der Waals surface area (Å²) in [5, 5.41) is 9.81. The molecule has 1 N–H and O–H groups in total. The lowest BCUT2D eigenvalue weighted by Crippen LogP contribution is -2.24. The van der Waals surface area contributed by atoms with Crippen molar-refractivity contribution in [1.29, 1.82) is 0 Å². The molecule has 3 atom stereocenters. The number of aliphatic hydroxyl groups is 1. The maximum absolute atomic E-state index is 9.81. The van der Waals surface area contributed by atoms with E-state index in [0.29, 0.717) is 6.10 Å². The highest BCUT2D eigenvalue weighted by Gasteiger charge is 2.21. The van der Waals surface area contributed by atoms with Gasteiger partial charge in [0.05, 0.1) is 12.2 Å². The van der Waals surface area contributed by atoms with Crippen molar-refractivity contribution >= 4 is 15.9 Å². The topological polar surface area (TPSA) is 29.5 Å². The molecule has 3 unspecified atom stereocenters. The minimum atomic E-state index is -0.501. The molecule has 2 nitrogen and oxygen atoms in total. The van der Waals surface area contributed by atoms with Crippen LogP contribution in [0, 0.1) is 5.92 Å². The number of benzene rings is 1. The molecule has 100 valence electrons. The van der Waals surface area contributed by atoms with E-state index in [1.165, 1.54) is 12.8 Å². The molecule has 1 saturated carbocycles. The van der Waals surface area contributed by atoms with Crippen molar-refractivity contribution in [3.05, 3.63) is 28.2 Å². The highest BCUT2D eigenvalue weighted by Crippen LogP contribution is 2.32. The number of aliphatic hydroxyl groups excluding tert-OH is 1. The lowest BCUT2D eigenvalue weighted by Gasteiger charge is -2.28. The van der Waals surface area contributed by atoms with Gasteiger partial charge in [0, 0.05) is 10.0 Å². The molecular weight excluding hydrogens is 292 g/mol. The monoisotopic (exact) mass is 312 g/mol. The molecule has 0 amide bonds. The predicted octanol–water partition coefficient (Wildman–Crippen LogP) is 4.46. The van der Waals surface area contributed by atoms with E-state index in [-0.39, 0.29) is 0 Å². The van der Waals surface area contributed by atoms with Crippen molar-refractivity contribution in [2.24, 2.45) is 5.92 Å². The largest absolute Gasteiger partial charge is 0.490 e. The SMILES string of the molecule is CC1CCCC(Oc2ccc(Br)cc2C(C)O)C1. The maximum Gasteiger partial charge on any atom is 0.125 e. The molecule has 1 aliphatic carbocycles. The zero-order chi connectivity index (χ0) is 13.1. The Balaban J connectivity index is 2.12. The summed E-state index contributed by atoms with van der Waals surface area (Å²) >= 11 is 3.43. The van der Waals surface area contributed by atoms with Crippen LogP contribution in [0.3, 0.4) is 0 Å². The standard InChI is InChI=1S/C15H21BrO2/c1-10-4-3-5-13(8-10)18-15-7-6-12(16)9-14(15)11(2)17/h6-7,9-11,13,17H,3-5,8H2,1-2H3. The molecular formula is C15H21BrO2. The molecule has 0 saturated heterocycles. The number of hydrogen-bond donors (Lipinski definition) is 1. The van der Waals surface area contributed by atoms with Crippen molar-refractivity contribution in [2.75, 3.05) is 0 Å². The average molecular weight is 313 g/mol. The van der Waals surface area contributed by atoms with Crippen LogP contribution >= 0.6 is 15.9 Å². The van der Waals surface area contributed by atoms with Gasteiger partial charge in [0.1, 0.15) is 5.75 Å². The van der Waals surface area contributed by atoms with Gasteiger partial charge in [-0.25, -0.2) is 0 Å². The van der Waals surface area contributed by atoms with E-state index in [1.807, 2.05) is 18.2 Å². The van der Waals surface area contributed by atoms with Gasteiger partial charge in [0.2, 0.25) is 0 Å². The second-order valence-electron chi connectivity index (χ2n) is 5.37. The van der Waals surface area contributed by atoms with Crippen LogP contribution in [-0.4, -0.2) is 11.2 Å². The first-order chi connectivity index (χ1) is 8.56. The first-order valence-electron chi connectivity index (χ1n) is 6.70. The lowest BCUT2D eigenvalue weighted by atomic mass is 9.88. The normalized spacial score (nSPS) is 25.8. The number of halogens is 1. The molecule has 0 bridgehead atoms. The van der Waals surface area contributed by atoms with Crippen molar-refractivity contribution < 1.29 is 9.84 Å². The first-order valence-corrected chi connectivity index (χ1v) is 7.49. The van der Waals surface area contributed by atoms with E-state index >= 15 is 0 Å². The molecule has 1 aliphatic rings. The Kier molecular flexibility index (Phi) is 4.68. The van der Waals surface area contributed by atoms with Crippen molar-refractivity contribution in [2.45, 2.75) is 51.7 Å². The van der Waals surface area contributed by atoms with Gasteiger partial charge in [-0.05, 0) is 50.3 Å². The van der Waals surface area contributed by atoms with E-state index in [1.54, 1.807) is 6.92 Å². The number of hydrogen-bond acceptors (Lipinski definition) is 2. The molecule has 1 aromatic carbocycles. The third kappa shape index (κ3) is 3.48. The van der Waals surface area contributed by atoms with Crippen LogP contribution in [0.25, 0.3) is 0 Å². The fraction of sp³-hybridized carbons (Fsp3) is 0.600. The van der Waals surface area contributed by atoms with Gasteiger partial charge in [-0.15, -0.1) is 0 Å². The van der Waals surface area contributed by atoms with Crippen LogP contribution in [0.1, 0.15) is 51.2 Å². The van der Waals surface area contributed by atoms with Gasteiger partial charge >= 0.3 is 0 Å². The zero-order valence-electron chi connectivity index (χ0n) is 11.0. The summed E-state index contributed by atoms with van der Waals surface area (Å²) in [6, 6.07) is 5.85. The van der Waals surface area contributed by atoms with Crippen LogP contribution < -0.4 is 4.74 Å². The summed E-state index contributed by atoms with van der Waals surface area (Å²) in [5.41, 5.74) is 0.864. The molecule has 0 spiro atoms. The Morgan fingerprint density at radius 1 is 1.39 bits per heavy atom. The third-order valence-electron chi connectivity index (χ3n) is 3.60. The summed E-state index contributed by atoms with van der Waals surface area (Å²) in [6.07, 6.45) is 4.59. The van der Waals surface area contributed by atoms with Gasteiger partial charge in [-0.2, -0.15) is 0 Å². The molecule has 18 heavy (non-hydrogen) atoms. The average Bonchev–Trinajstić information content (AvgIpc) is 2.31. The molecule has 0 aromatic heterocycles. The Labute approximate surface area is 117 Å². The van der Waals surface area contributed by atoms with Gasteiger partial charge in [0.25, 0.3) is 0 Å². The Morgan fingerprint density at radius 3 is 2.83 bits per heavy atom. The van der Waals surface area contributed by atoms with Crippen molar-refractivity contribution in [1.82, 2.24) is 0 Å².